The highest BCUT2D eigenvalue weighted by Crippen LogP contribution is 2.15. The van der Waals surface area contributed by atoms with Crippen LogP contribution in [-0.2, 0) is 4.79 Å². The molecule has 0 saturated heterocycles. The molecule has 0 heterocycles. The van der Waals surface area contributed by atoms with E-state index in [2.05, 4.69) is 19.2 Å². The lowest BCUT2D eigenvalue weighted by Crippen LogP contribution is -2.46. The molecule has 0 aromatic heterocycles. The molecule has 37 heavy (non-hydrogen) atoms. The van der Waals surface area contributed by atoms with Crippen LogP contribution < -0.4 is 5.32 Å². The highest BCUT2D eigenvalue weighted by atomic mass is 16.3. The summed E-state index contributed by atoms with van der Waals surface area (Å²) < 4.78 is 0. The van der Waals surface area contributed by atoms with Gasteiger partial charge in [-0.2, -0.15) is 0 Å². The molecule has 222 valence electrons. The van der Waals surface area contributed by atoms with Crippen LogP contribution in [0.1, 0.15) is 174 Å². The maximum absolute atomic E-state index is 12.3. The zero-order valence-corrected chi connectivity index (χ0v) is 24.9. The smallest absolute Gasteiger partial charge is 0.222 e. The van der Waals surface area contributed by atoms with Gasteiger partial charge in [0.15, 0.2) is 0 Å². The number of carbonyl (C=O) groups excluding carboxylic acids is 1. The van der Waals surface area contributed by atoms with Crippen LogP contribution in [0.3, 0.4) is 0 Å². The molecule has 0 aliphatic rings. The molecule has 0 aliphatic carbocycles. The van der Waals surface area contributed by atoms with Gasteiger partial charge in [0, 0.05) is 0 Å². The Bertz CT molecular complexity index is 474. The van der Waals surface area contributed by atoms with E-state index in [4.69, 9.17) is 0 Å². The molecule has 0 spiro atoms. The number of unbranched alkanes of at least 4 members (excludes halogenated alkanes) is 20. The van der Waals surface area contributed by atoms with Crippen molar-refractivity contribution in [3.05, 3.63) is 0 Å². The minimum absolute atomic E-state index is 0.0403. The number of aliphatic hydroxyl groups is 3. The third kappa shape index (κ3) is 25.4. The predicted molar refractivity (Wildman–Crippen MR) is 158 cm³/mol. The molecule has 0 saturated carbocycles. The van der Waals surface area contributed by atoms with Crippen molar-refractivity contribution < 1.29 is 20.1 Å². The van der Waals surface area contributed by atoms with Crippen LogP contribution in [0.5, 0.6) is 0 Å². The van der Waals surface area contributed by atoms with Crippen LogP contribution in [-0.4, -0.2) is 46.1 Å². The standard InChI is InChI=1S/C32H65NO4/c1-3-5-7-9-11-13-14-15-16-17-18-20-22-24-26-31(36)30(28-34)33-32(37)27-29(35)25-23-21-19-12-10-8-6-4-2/h29-31,34-36H,3-28H2,1-2H3,(H,33,37). The molecule has 0 radical (unpaired) electrons. The summed E-state index contributed by atoms with van der Waals surface area (Å²) in [4.78, 5) is 12.3. The first-order valence-electron chi connectivity index (χ1n) is 16.3. The minimum Gasteiger partial charge on any atom is -0.394 e. The molecule has 4 N–H and O–H groups in total. The fourth-order valence-electron chi connectivity index (χ4n) is 5.11. The van der Waals surface area contributed by atoms with Gasteiger partial charge in [0.25, 0.3) is 0 Å². The van der Waals surface area contributed by atoms with E-state index in [9.17, 15) is 20.1 Å². The largest absolute Gasteiger partial charge is 0.394 e. The Kier molecular flexibility index (Phi) is 27.9. The maximum Gasteiger partial charge on any atom is 0.222 e. The Labute approximate surface area is 230 Å². The van der Waals surface area contributed by atoms with Gasteiger partial charge < -0.3 is 20.6 Å². The van der Waals surface area contributed by atoms with Crippen molar-refractivity contribution in [1.82, 2.24) is 5.32 Å². The van der Waals surface area contributed by atoms with Crippen LogP contribution >= 0.6 is 0 Å². The van der Waals surface area contributed by atoms with Crippen molar-refractivity contribution in [2.75, 3.05) is 6.61 Å². The topological polar surface area (TPSA) is 89.8 Å². The fourth-order valence-corrected chi connectivity index (χ4v) is 5.11. The fraction of sp³-hybridized carbons (Fsp3) is 0.969. The zero-order chi connectivity index (χ0) is 27.4. The Balaban J connectivity index is 3.69. The number of carbonyl (C=O) groups is 1. The second-order valence-corrected chi connectivity index (χ2v) is 11.4. The Morgan fingerprint density at radius 3 is 1.30 bits per heavy atom. The van der Waals surface area contributed by atoms with E-state index < -0.39 is 18.2 Å². The average molecular weight is 528 g/mol. The molecule has 1 amide bonds. The lowest BCUT2D eigenvalue weighted by atomic mass is 10.0. The summed E-state index contributed by atoms with van der Waals surface area (Å²) in [5, 5.41) is 33.0. The van der Waals surface area contributed by atoms with Crippen molar-refractivity contribution in [1.29, 1.82) is 0 Å². The van der Waals surface area contributed by atoms with Gasteiger partial charge in [-0.1, -0.05) is 155 Å². The summed E-state index contributed by atoms with van der Waals surface area (Å²) in [6, 6.07) is -0.648. The normalized spacial score (nSPS) is 14.0. The summed E-state index contributed by atoms with van der Waals surface area (Å²) in [6.45, 7) is 4.21. The average Bonchev–Trinajstić information content (AvgIpc) is 2.88. The third-order valence-electron chi connectivity index (χ3n) is 7.67. The van der Waals surface area contributed by atoms with Gasteiger partial charge in [-0.3, -0.25) is 4.79 Å². The second kappa shape index (κ2) is 28.4. The van der Waals surface area contributed by atoms with E-state index in [1.807, 2.05) is 0 Å². The summed E-state index contributed by atoms with van der Waals surface area (Å²) in [6.07, 6.45) is 27.7. The summed E-state index contributed by atoms with van der Waals surface area (Å²) in [5.74, 6) is -0.286. The van der Waals surface area contributed by atoms with Crippen LogP contribution in [0.4, 0.5) is 0 Å². The van der Waals surface area contributed by atoms with E-state index in [1.54, 1.807) is 0 Å². The molecule has 0 fully saturated rings. The first-order valence-corrected chi connectivity index (χ1v) is 16.3. The number of aliphatic hydroxyl groups excluding tert-OH is 3. The van der Waals surface area contributed by atoms with E-state index in [-0.39, 0.29) is 18.9 Å². The SMILES string of the molecule is CCCCCCCCCCCCCCCCC(O)C(CO)NC(=O)CC(O)CCCCCCCCCC. The minimum atomic E-state index is -0.740. The van der Waals surface area contributed by atoms with Gasteiger partial charge in [-0.15, -0.1) is 0 Å². The first kappa shape index (κ1) is 36.4. The highest BCUT2D eigenvalue weighted by molar-refractivity contribution is 5.76. The molecule has 0 bridgehead atoms. The molecule has 0 aliphatic heterocycles. The molecule has 0 rings (SSSR count). The Hall–Kier alpha value is -0.650. The molecule has 3 unspecified atom stereocenters. The van der Waals surface area contributed by atoms with E-state index >= 15 is 0 Å². The van der Waals surface area contributed by atoms with E-state index in [0.29, 0.717) is 12.8 Å². The molecule has 3 atom stereocenters. The van der Waals surface area contributed by atoms with Crippen molar-refractivity contribution >= 4 is 5.91 Å². The van der Waals surface area contributed by atoms with E-state index in [1.165, 1.54) is 116 Å². The van der Waals surface area contributed by atoms with Gasteiger partial charge >= 0.3 is 0 Å². The number of amides is 1. The highest BCUT2D eigenvalue weighted by Gasteiger charge is 2.21. The van der Waals surface area contributed by atoms with Gasteiger partial charge in [0.2, 0.25) is 5.91 Å². The summed E-state index contributed by atoms with van der Waals surface area (Å²) in [7, 11) is 0. The quantitative estimate of drug-likeness (QED) is 0.0742. The third-order valence-corrected chi connectivity index (χ3v) is 7.67. The lowest BCUT2D eigenvalue weighted by Gasteiger charge is -2.23. The predicted octanol–water partition coefficient (Wildman–Crippen LogP) is 7.98. The molecule has 5 heteroatoms. The van der Waals surface area contributed by atoms with Crippen molar-refractivity contribution in [2.45, 2.75) is 193 Å². The molecule has 5 nitrogen and oxygen atoms in total. The molecule has 0 aromatic carbocycles. The van der Waals surface area contributed by atoms with Crippen LogP contribution in [0.25, 0.3) is 0 Å². The van der Waals surface area contributed by atoms with Crippen LogP contribution in [0.15, 0.2) is 0 Å². The van der Waals surface area contributed by atoms with Gasteiger partial charge in [-0.05, 0) is 12.8 Å². The number of nitrogens with one attached hydrogen (secondary N) is 1. The second-order valence-electron chi connectivity index (χ2n) is 11.4. The van der Waals surface area contributed by atoms with Gasteiger partial charge in [-0.25, -0.2) is 0 Å². The Morgan fingerprint density at radius 2 is 0.919 bits per heavy atom. The van der Waals surface area contributed by atoms with E-state index in [0.717, 1.165) is 25.7 Å². The van der Waals surface area contributed by atoms with Gasteiger partial charge in [0.1, 0.15) is 0 Å². The maximum atomic E-state index is 12.3. The van der Waals surface area contributed by atoms with Crippen molar-refractivity contribution in [3.63, 3.8) is 0 Å². The van der Waals surface area contributed by atoms with Crippen LogP contribution in [0.2, 0.25) is 0 Å². The molecular formula is C32H65NO4. The Morgan fingerprint density at radius 1 is 0.568 bits per heavy atom. The molecular weight excluding hydrogens is 462 g/mol. The monoisotopic (exact) mass is 527 g/mol. The van der Waals surface area contributed by atoms with Gasteiger partial charge in [0.05, 0.1) is 31.3 Å². The van der Waals surface area contributed by atoms with Crippen LogP contribution in [0, 0.1) is 0 Å². The van der Waals surface area contributed by atoms with Crippen molar-refractivity contribution in [2.24, 2.45) is 0 Å². The first-order chi connectivity index (χ1) is 18.0. The lowest BCUT2D eigenvalue weighted by molar-refractivity contribution is -0.125. The van der Waals surface area contributed by atoms with Crippen molar-refractivity contribution in [3.8, 4) is 0 Å². The number of rotatable bonds is 29. The molecule has 0 aromatic rings. The summed E-state index contributed by atoms with van der Waals surface area (Å²) >= 11 is 0. The summed E-state index contributed by atoms with van der Waals surface area (Å²) in [5.41, 5.74) is 0. The number of hydrogen-bond donors (Lipinski definition) is 4. The number of hydrogen-bond acceptors (Lipinski definition) is 4. The zero-order valence-electron chi connectivity index (χ0n) is 24.9.